The summed E-state index contributed by atoms with van der Waals surface area (Å²) in [5.74, 6) is -0.934. The van der Waals surface area contributed by atoms with Crippen molar-refractivity contribution < 1.29 is 14.7 Å². The summed E-state index contributed by atoms with van der Waals surface area (Å²) in [4.78, 5) is 26.7. The zero-order valence-electron chi connectivity index (χ0n) is 17.9. The maximum absolute atomic E-state index is 13.2. The standard InChI is InChI=1S/C27H23N3O3/c28-26(32)21-12-10-18(15-25(21)31)16-30-23-8-4-3-7-22(23)29-27(33)24(30)14-17-9-11-19-5-1-2-6-20(19)13-17/h1-13,15,24,31H,14,16H2,(H2,28,32)(H,29,33). The lowest BCUT2D eigenvalue weighted by atomic mass is 9.97. The molecule has 0 saturated carbocycles. The summed E-state index contributed by atoms with van der Waals surface area (Å²) in [6.07, 6.45) is 0.524. The van der Waals surface area contributed by atoms with Crippen LogP contribution in [0.5, 0.6) is 5.75 Å². The Labute approximate surface area is 191 Å². The molecule has 0 spiro atoms. The molecule has 6 nitrogen and oxygen atoms in total. The largest absolute Gasteiger partial charge is 0.507 e. The Hall–Kier alpha value is -4.32. The highest BCUT2D eigenvalue weighted by atomic mass is 16.3. The molecule has 2 amide bonds. The highest BCUT2D eigenvalue weighted by molar-refractivity contribution is 6.03. The highest BCUT2D eigenvalue weighted by Crippen LogP contribution is 2.35. The van der Waals surface area contributed by atoms with Gasteiger partial charge in [-0.2, -0.15) is 0 Å². The minimum absolute atomic E-state index is 0.0725. The normalized spacial score (nSPS) is 15.2. The third-order valence-electron chi connectivity index (χ3n) is 6.07. The predicted octanol–water partition coefficient (Wildman–Crippen LogP) is 4.21. The first-order chi connectivity index (χ1) is 16.0. The summed E-state index contributed by atoms with van der Waals surface area (Å²) in [6.45, 7) is 0.384. The van der Waals surface area contributed by atoms with Gasteiger partial charge in [0.05, 0.1) is 16.9 Å². The molecule has 164 valence electrons. The number of phenols is 1. The maximum atomic E-state index is 13.2. The van der Waals surface area contributed by atoms with Crippen molar-refractivity contribution in [3.63, 3.8) is 0 Å². The Morgan fingerprint density at radius 3 is 2.42 bits per heavy atom. The molecule has 6 heteroatoms. The highest BCUT2D eigenvalue weighted by Gasteiger charge is 2.33. The fraction of sp³-hybridized carbons (Fsp3) is 0.111. The van der Waals surface area contributed by atoms with Gasteiger partial charge in [-0.25, -0.2) is 0 Å². The molecule has 4 aromatic rings. The van der Waals surface area contributed by atoms with Gasteiger partial charge < -0.3 is 21.1 Å². The van der Waals surface area contributed by atoms with E-state index in [0.717, 1.165) is 33.3 Å². The number of rotatable bonds is 5. The zero-order chi connectivity index (χ0) is 22.9. The number of nitrogens with two attached hydrogens (primary N) is 1. The van der Waals surface area contributed by atoms with E-state index in [4.69, 9.17) is 5.73 Å². The Balaban J connectivity index is 1.51. The molecule has 5 rings (SSSR count). The molecule has 0 fully saturated rings. The number of aromatic hydroxyl groups is 1. The van der Waals surface area contributed by atoms with E-state index in [-0.39, 0.29) is 17.2 Å². The summed E-state index contributed by atoms with van der Waals surface area (Å²) in [5.41, 5.74) is 8.87. The Morgan fingerprint density at radius 2 is 1.64 bits per heavy atom. The van der Waals surface area contributed by atoms with E-state index in [9.17, 15) is 14.7 Å². The van der Waals surface area contributed by atoms with Gasteiger partial charge in [-0.3, -0.25) is 9.59 Å². The zero-order valence-corrected chi connectivity index (χ0v) is 17.9. The monoisotopic (exact) mass is 437 g/mol. The van der Waals surface area contributed by atoms with Crippen LogP contribution in [0.4, 0.5) is 11.4 Å². The van der Waals surface area contributed by atoms with E-state index in [2.05, 4.69) is 35.6 Å². The minimum atomic E-state index is -0.684. The average molecular weight is 437 g/mol. The molecule has 0 aliphatic carbocycles. The van der Waals surface area contributed by atoms with Gasteiger partial charge in [0, 0.05) is 13.0 Å². The summed E-state index contributed by atoms with van der Waals surface area (Å²) in [6, 6.07) is 26.4. The first kappa shape index (κ1) is 20.6. The van der Waals surface area contributed by atoms with Gasteiger partial charge in [-0.1, -0.05) is 60.7 Å². The molecule has 4 N–H and O–H groups in total. The van der Waals surface area contributed by atoms with E-state index in [0.29, 0.717) is 13.0 Å². The summed E-state index contributed by atoms with van der Waals surface area (Å²) in [5, 5.41) is 15.6. The summed E-state index contributed by atoms with van der Waals surface area (Å²) >= 11 is 0. The number of benzene rings is 4. The topological polar surface area (TPSA) is 95.7 Å². The minimum Gasteiger partial charge on any atom is -0.507 e. The molecular formula is C27H23N3O3. The molecule has 4 aromatic carbocycles. The Bertz CT molecular complexity index is 1380. The van der Waals surface area contributed by atoms with Crippen LogP contribution >= 0.6 is 0 Å². The van der Waals surface area contributed by atoms with E-state index < -0.39 is 11.9 Å². The van der Waals surface area contributed by atoms with Crippen molar-refractivity contribution in [3.05, 3.63) is 102 Å². The molecule has 1 aliphatic rings. The summed E-state index contributed by atoms with van der Waals surface area (Å²) < 4.78 is 0. The van der Waals surface area contributed by atoms with Crippen LogP contribution < -0.4 is 16.0 Å². The fourth-order valence-corrected chi connectivity index (χ4v) is 4.42. The van der Waals surface area contributed by atoms with Crippen LogP contribution in [0, 0.1) is 0 Å². The molecule has 33 heavy (non-hydrogen) atoms. The third kappa shape index (κ3) is 3.99. The van der Waals surface area contributed by atoms with Gasteiger partial charge in [-0.05, 0) is 46.2 Å². The molecule has 0 bridgehead atoms. The van der Waals surface area contributed by atoms with E-state index >= 15 is 0 Å². The van der Waals surface area contributed by atoms with Crippen LogP contribution in [0.3, 0.4) is 0 Å². The smallest absolute Gasteiger partial charge is 0.252 e. The lowest BCUT2D eigenvalue weighted by molar-refractivity contribution is -0.117. The van der Waals surface area contributed by atoms with Crippen molar-refractivity contribution in [3.8, 4) is 5.75 Å². The molecule has 1 aliphatic heterocycles. The number of carbonyl (C=O) groups is 2. The van der Waals surface area contributed by atoms with Crippen LogP contribution in [0.15, 0.2) is 84.9 Å². The van der Waals surface area contributed by atoms with Crippen molar-refractivity contribution in [1.29, 1.82) is 0 Å². The number of hydrogen-bond donors (Lipinski definition) is 3. The van der Waals surface area contributed by atoms with Crippen LogP contribution in [-0.2, 0) is 17.8 Å². The van der Waals surface area contributed by atoms with E-state index in [1.54, 1.807) is 6.07 Å². The fourth-order valence-electron chi connectivity index (χ4n) is 4.42. The number of primary amides is 1. The van der Waals surface area contributed by atoms with Crippen LogP contribution in [0.2, 0.25) is 0 Å². The van der Waals surface area contributed by atoms with Crippen molar-refractivity contribution in [1.82, 2.24) is 0 Å². The molecule has 0 aromatic heterocycles. The SMILES string of the molecule is NC(=O)c1ccc(CN2c3ccccc3NC(=O)C2Cc2ccc3ccccc3c2)cc1O. The molecular weight excluding hydrogens is 414 g/mol. The van der Waals surface area contributed by atoms with Gasteiger partial charge in [0.15, 0.2) is 0 Å². The number of nitrogens with one attached hydrogen (secondary N) is 1. The van der Waals surface area contributed by atoms with Crippen molar-refractivity contribution in [2.24, 2.45) is 5.73 Å². The number of hydrogen-bond acceptors (Lipinski definition) is 4. The number of para-hydroxylation sites is 2. The van der Waals surface area contributed by atoms with E-state index in [1.165, 1.54) is 12.1 Å². The molecule has 0 saturated heterocycles. The van der Waals surface area contributed by atoms with Crippen molar-refractivity contribution in [2.45, 2.75) is 19.0 Å². The average Bonchev–Trinajstić information content (AvgIpc) is 2.81. The van der Waals surface area contributed by atoms with Crippen LogP contribution in [-0.4, -0.2) is 23.0 Å². The van der Waals surface area contributed by atoms with Gasteiger partial charge >= 0.3 is 0 Å². The Kier molecular flexibility index (Phi) is 5.18. The number of carbonyl (C=O) groups excluding carboxylic acids is 2. The number of amides is 2. The molecule has 1 unspecified atom stereocenters. The predicted molar refractivity (Wildman–Crippen MR) is 129 cm³/mol. The lowest BCUT2D eigenvalue weighted by Crippen LogP contribution is -2.49. The number of fused-ring (bicyclic) bond motifs is 2. The quantitative estimate of drug-likeness (QED) is 0.436. The summed E-state index contributed by atoms with van der Waals surface area (Å²) in [7, 11) is 0. The Morgan fingerprint density at radius 1 is 0.909 bits per heavy atom. The molecule has 0 radical (unpaired) electrons. The van der Waals surface area contributed by atoms with Crippen LogP contribution in [0.1, 0.15) is 21.5 Å². The van der Waals surface area contributed by atoms with Crippen LogP contribution in [0.25, 0.3) is 10.8 Å². The second-order valence-electron chi connectivity index (χ2n) is 8.25. The first-order valence-electron chi connectivity index (χ1n) is 10.8. The van der Waals surface area contributed by atoms with Gasteiger partial charge in [0.1, 0.15) is 11.8 Å². The first-order valence-corrected chi connectivity index (χ1v) is 10.8. The van der Waals surface area contributed by atoms with Crippen molar-refractivity contribution in [2.75, 3.05) is 10.2 Å². The second kappa shape index (κ2) is 8.31. The maximum Gasteiger partial charge on any atom is 0.252 e. The third-order valence-corrected chi connectivity index (χ3v) is 6.07. The number of anilines is 2. The lowest BCUT2D eigenvalue weighted by Gasteiger charge is -2.38. The molecule has 1 atom stereocenters. The number of nitrogens with zero attached hydrogens (tertiary/aromatic N) is 1. The van der Waals surface area contributed by atoms with Gasteiger partial charge in [0.2, 0.25) is 5.91 Å². The van der Waals surface area contributed by atoms with Gasteiger partial charge in [0.25, 0.3) is 5.91 Å². The van der Waals surface area contributed by atoms with Crippen molar-refractivity contribution >= 4 is 34.0 Å². The van der Waals surface area contributed by atoms with E-state index in [1.807, 2.05) is 41.3 Å². The molecule has 1 heterocycles. The van der Waals surface area contributed by atoms with Gasteiger partial charge in [-0.15, -0.1) is 0 Å². The second-order valence-corrected chi connectivity index (χ2v) is 8.25.